The zero-order chi connectivity index (χ0) is 30.8. The van der Waals surface area contributed by atoms with E-state index in [-0.39, 0.29) is 17.2 Å². The first-order chi connectivity index (χ1) is 20.6. The second-order valence-corrected chi connectivity index (χ2v) is 11.0. The Kier molecular flexibility index (Phi) is 10.0. The van der Waals surface area contributed by atoms with Crippen LogP contribution in [-0.2, 0) is 19.6 Å². The minimum absolute atomic E-state index is 0.145. The highest BCUT2D eigenvalue weighted by Gasteiger charge is 2.31. The molecule has 220 valence electrons. The van der Waals surface area contributed by atoms with Crippen molar-refractivity contribution >= 4 is 56.7 Å². The number of rotatable bonds is 12. The molecule has 2 N–H and O–H groups in total. The normalized spacial score (nSPS) is 11.1. The van der Waals surface area contributed by atoms with Crippen molar-refractivity contribution in [3.05, 3.63) is 124 Å². The van der Waals surface area contributed by atoms with Gasteiger partial charge in [0, 0.05) is 6.07 Å². The van der Waals surface area contributed by atoms with Gasteiger partial charge in [-0.1, -0.05) is 54.1 Å². The summed E-state index contributed by atoms with van der Waals surface area (Å²) in [7, 11) is -4.35. The number of para-hydroxylation sites is 3. The van der Waals surface area contributed by atoms with Crippen LogP contribution in [-0.4, -0.2) is 44.5 Å². The second kappa shape index (κ2) is 14.1. The molecule has 0 saturated heterocycles. The van der Waals surface area contributed by atoms with Gasteiger partial charge in [-0.25, -0.2) is 18.1 Å². The lowest BCUT2D eigenvalue weighted by Gasteiger charge is -2.23. The standard InChI is InChI=1S/C29H24ClN5O7S/c30-24-10-4-5-11-25(24)32-29(37)20-42-22-16-14-21(15-17-22)18-31-33-28(36)19-34(26-12-6-7-13-27(26)35(38)39)43(40,41)23-8-2-1-3-9-23/h1-18H,19-20H2,(H,32,37)(H,33,36). The van der Waals surface area contributed by atoms with Gasteiger partial charge in [0.15, 0.2) is 6.61 Å². The maximum atomic E-state index is 13.4. The third kappa shape index (κ3) is 8.15. The van der Waals surface area contributed by atoms with Crippen LogP contribution in [0.2, 0.25) is 5.02 Å². The molecule has 0 radical (unpaired) electrons. The molecule has 0 spiro atoms. The summed E-state index contributed by atoms with van der Waals surface area (Å²) in [5, 5.41) is 18.5. The van der Waals surface area contributed by atoms with Crippen LogP contribution < -0.4 is 19.8 Å². The van der Waals surface area contributed by atoms with E-state index in [2.05, 4.69) is 15.8 Å². The second-order valence-electron chi connectivity index (χ2n) is 8.75. The first-order valence-corrected chi connectivity index (χ1v) is 14.4. The largest absolute Gasteiger partial charge is 0.484 e. The van der Waals surface area contributed by atoms with Crippen molar-refractivity contribution in [3.8, 4) is 5.75 Å². The van der Waals surface area contributed by atoms with Crippen LogP contribution in [0.1, 0.15) is 5.56 Å². The van der Waals surface area contributed by atoms with Crippen LogP contribution in [0.4, 0.5) is 17.1 Å². The van der Waals surface area contributed by atoms with E-state index in [1.54, 1.807) is 54.6 Å². The molecule has 0 unspecified atom stereocenters. The van der Waals surface area contributed by atoms with Gasteiger partial charge in [-0.05, 0) is 60.2 Å². The molecule has 0 heterocycles. The van der Waals surface area contributed by atoms with Crippen molar-refractivity contribution in [1.82, 2.24) is 5.43 Å². The molecule has 0 bridgehead atoms. The first-order valence-electron chi connectivity index (χ1n) is 12.6. The Hall–Kier alpha value is -5.27. The molecule has 0 atom stereocenters. The van der Waals surface area contributed by atoms with Crippen molar-refractivity contribution in [3.63, 3.8) is 0 Å². The number of hydrazone groups is 1. The number of nitro benzene ring substituents is 1. The number of anilines is 2. The molecule has 4 aromatic carbocycles. The molecule has 0 aromatic heterocycles. The van der Waals surface area contributed by atoms with Gasteiger partial charge in [-0.2, -0.15) is 5.10 Å². The summed E-state index contributed by atoms with van der Waals surface area (Å²) < 4.78 is 33.0. The monoisotopic (exact) mass is 621 g/mol. The summed E-state index contributed by atoms with van der Waals surface area (Å²) in [5.41, 5.74) is 2.51. The highest BCUT2D eigenvalue weighted by atomic mass is 35.5. The number of amides is 2. The lowest BCUT2D eigenvalue weighted by atomic mass is 10.2. The van der Waals surface area contributed by atoms with Gasteiger partial charge in [0.05, 0.1) is 26.7 Å². The first kappa shape index (κ1) is 30.7. The molecule has 4 rings (SSSR count). The lowest BCUT2D eigenvalue weighted by Crippen LogP contribution is -2.39. The van der Waals surface area contributed by atoms with E-state index >= 15 is 0 Å². The molecule has 43 heavy (non-hydrogen) atoms. The summed E-state index contributed by atoms with van der Waals surface area (Å²) in [6.45, 7) is -1.03. The number of nitro groups is 1. The van der Waals surface area contributed by atoms with Crippen molar-refractivity contribution in [1.29, 1.82) is 0 Å². The Balaban J connectivity index is 1.39. The molecule has 2 amide bonds. The maximum absolute atomic E-state index is 13.4. The fourth-order valence-corrected chi connectivity index (χ4v) is 5.38. The van der Waals surface area contributed by atoms with Gasteiger partial charge in [0.2, 0.25) is 0 Å². The van der Waals surface area contributed by atoms with Crippen molar-refractivity contribution in [2.45, 2.75) is 4.90 Å². The molecule has 12 nitrogen and oxygen atoms in total. The lowest BCUT2D eigenvalue weighted by molar-refractivity contribution is -0.384. The van der Waals surface area contributed by atoms with Crippen molar-refractivity contribution in [2.75, 3.05) is 22.8 Å². The molecule has 0 saturated carbocycles. The summed E-state index contributed by atoms with van der Waals surface area (Å²) >= 11 is 6.03. The third-order valence-electron chi connectivity index (χ3n) is 5.77. The summed E-state index contributed by atoms with van der Waals surface area (Å²) in [6, 6.07) is 25.7. The van der Waals surface area contributed by atoms with Gasteiger partial charge in [-0.3, -0.25) is 19.7 Å². The Morgan fingerprint density at radius 1 is 0.907 bits per heavy atom. The highest BCUT2D eigenvalue weighted by Crippen LogP contribution is 2.32. The number of sulfonamides is 1. The third-order valence-corrected chi connectivity index (χ3v) is 7.87. The zero-order valence-corrected chi connectivity index (χ0v) is 23.9. The predicted molar refractivity (Wildman–Crippen MR) is 162 cm³/mol. The van der Waals surface area contributed by atoms with Crippen LogP contribution in [0.3, 0.4) is 0 Å². The summed E-state index contributed by atoms with van der Waals surface area (Å²) in [5.74, 6) is -0.828. The summed E-state index contributed by atoms with van der Waals surface area (Å²) in [6.07, 6.45) is 1.31. The average molecular weight is 622 g/mol. The quantitative estimate of drug-likeness (QED) is 0.133. The topological polar surface area (TPSA) is 160 Å². The molecular weight excluding hydrogens is 598 g/mol. The highest BCUT2D eigenvalue weighted by molar-refractivity contribution is 7.92. The van der Waals surface area contributed by atoms with Crippen LogP contribution >= 0.6 is 11.6 Å². The fourth-order valence-electron chi connectivity index (χ4n) is 3.74. The smallest absolute Gasteiger partial charge is 0.293 e. The Morgan fingerprint density at radius 3 is 2.26 bits per heavy atom. The van der Waals surface area contributed by atoms with Gasteiger partial charge >= 0.3 is 0 Å². The van der Waals surface area contributed by atoms with Crippen LogP contribution in [0.15, 0.2) is 113 Å². The number of carbonyl (C=O) groups excluding carboxylic acids is 2. The van der Waals surface area contributed by atoms with E-state index in [0.29, 0.717) is 26.3 Å². The number of carbonyl (C=O) groups is 2. The van der Waals surface area contributed by atoms with Gasteiger partial charge in [0.1, 0.15) is 18.0 Å². The number of hydrogen-bond acceptors (Lipinski definition) is 8. The zero-order valence-electron chi connectivity index (χ0n) is 22.3. The minimum atomic E-state index is -4.35. The summed E-state index contributed by atoms with van der Waals surface area (Å²) in [4.78, 5) is 35.7. The Morgan fingerprint density at radius 2 is 1.56 bits per heavy atom. The van der Waals surface area contributed by atoms with Crippen molar-refractivity contribution in [2.24, 2.45) is 5.10 Å². The van der Waals surface area contributed by atoms with Gasteiger partial charge in [-0.15, -0.1) is 0 Å². The Labute approximate surface area is 251 Å². The minimum Gasteiger partial charge on any atom is -0.484 e. The molecule has 0 fully saturated rings. The SMILES string of the molecule is O=C(CN(c1ccccc1[N+](=O)[O-])S(=O)(=O)c1ccccc1)NN=Cc1ccc(OCC(=O)Nc2ccccc2Cl)cc1. The fraction of sp³-hybridized carbons (Fsp3) is 0.0690. The number of nitrogens with one attached hydrogen (secondary N) is 2. The number of hydrogen-bond donors (Lipinski definition) is 2. The van der Waals surface area contributed by atoms with E-state index in [4.69, 9.17) is 16.3 Å². The molecule has 0 aliphatic heterocycles. The van der Waals surface area contributed by atoms with E-state index < -0.39 is 39.0 Å². The van der Waals surface area contributed by atoms with Gasteiger partial charge < -0.3 is 10.1 Å². The van der Waals surface area contributed by atoms with E-state index in [1.807, 2.05) is 0 Å². The van der Waals surface area contributed by atoms with E-state index in [1.165, 1.54) is 48.7 Å². The van der Waals surface area contributed by atoms with Crippen LogP contribution in [0.5, 0.6) is 5.75 Å². The van der Waals surface area contributed by atoms with E-state index in [9.17, 15) is 28.1 Å². The maximum Gasteiger partial charge on any atom is 0.293 e. The Bertz CT molecular complexity index is 1750. The van der Waals surface area contributed by atoms with Crippen molar-refractivity contribution < 1.29 is 27.7 Å². The van der Waals surface area contributed by atoms with Crippen LogP contribution in [0, 0.1) is 10.1 Å². The molecular formula is C29H24ClN5O7S. The average Bonchev–Trinajstić information content (AvgIpc) is 3.01. The van der Waals surface area contributed by atoms with Gasteiger partial charge in [0.25, 0.3) is 27.5 Å². The number of ether oxygens (including phenoxy) is 1. The number of nitrogens with zero attached hydrogens (tertiary/aromatic N) is 3. The van der Waals surface area contributed by atoms with Crippen LogP contribution in [0.25, 0.3) is 0 Å². The molecule has 14 heteroatoms. The van der Waals surface area contributed by atoms with E-state index in [0.717, 1.165) is 6.07 Å². The predicted octanol–water partition coefficient (Wildman–Crippen LogP) is 4.61. The molecule has 4 aromatic rings. The number of halogens is 1. The molecule has 0 aliphatic carbocycles. The number of benzene rings is 4. The molecule has 0 aliphatic rings.